The Kier molecular flexibility index (Phi) is 9.75. The van der Waals surface area contributed by atoms with Crippen molar-refractivity contribution in [1.82, 2.24) is 8.75 Å². The van der Waals surface area contributed by atoms with Gasteiger partial charge in [0.15, 0.2) is 0 Å². The molecule has 6 aromatic rings. The van der Waals surface area contributed by atoms with Crippen molar-refractivity contribution in [3.05, 3.63) is 84.9 Å². The highest BCUT2D eigenvalue weighted by atomic mass is 32.1. The topological polar surface area (TPSA) is 49.8 Å². The second-order valence-corrected chi connectivity index (χ2v) is 14.1. The van der Waals surface area contributed by atoms with Crippen molar-refractivity contribution < 1.29 is 0 Å². The molecule has 0 saturated heterocycles. The van der Waals surface area contributed by atoms with Crippen LogP contribution >= 0.6 is 34.4 Å². The molecule has 0 spiro atoms. The molecule has 7 heteroatoms. The van der Waals surface area contributed by atoms with Gasteiger partial charge in [0, 0.05) is 54.1 Å². The standard InChI is InChI=1S/C37H40N4S3/c1-5-8-9-27(7-3)39-29-16-12-26(13-17-29)33-21-23-35(43-33)31-19-18-30(36-37(31)41-44-40-36)34-22-20-32(42-34)25-10-14-28(15-11-25)38-24(4)6-2/h10-24,27,38-39H,5-9H2,1-4H3. The number of rotatable bonds is 13. The van der Waals surface area contributed by atoms with Crippen LogP contribution in [-0.4, -0.2) is 20.8 Å². The Morgan fingerprint density at radius 2 is 1.09 bits per heavy atom. The second kappa shape index (κ2) is 14.1. The normalized spacial score (nSPS) is 12.8. The number of fused-ring (bicyclic) bond motifs is 1. The average molecular weight is 637 g/mol. The molecule has 2 unspecified atom stereocenters. The van der Waals surface area contributed by atoms with Crippen LogP contribution in [0.15, 0.2) is 84.9 Å². The number of nitrogens with one attached hydrogen (secondary N) is 2. The molecule has 0 radical (unpaired) electrons. The van der Waals surface area contributed by atoms with Gasteiger partial charge in [-0.2, -0.15) is 8.75 Å². The first kappa shape index (κ1) is 30.5. The zero-order chi connectivity index (χ0) is 30.5. The van der Waals surface area contributed by atoms with Gasteiger partial charge in [-0.25, -0.2) is 0 Å². The van der Waals surface area contributed by atoms with Crippen LogP contribution in [0.25, 0.3) is 52.8 Å². The van der Waals surface area contributed by atoms with Crippen molar-refractivity contribution in [2.45, 2.75) is 71.9 Å². The lowest BCUT2D eigenvalue weighted by molar-refractivity contribution is 0.593. The van der Waals surface area contributed by atoms with Crippen LogP contribution < -0.4 is 10.6 Å². The molecule has 0 saturated carbocycles. The van der Waals surface area contributed by atoms with Crippen molar-refractivity contribution in [1.29, 1.82) is 0 Å². The number of thiophene rings is 2. The molecular formula is C37H40N4S3. The fourth-order valence-electron chi connectivity index (χ4n) is 5.45. The summed E-state index contributed by atoms with van der Waals surface area (Å²) in [7, 11) is 0. The van der Waals surface area contributed by atoms with E-state index in [-0.39, 0.29) is 0 Å². The minimum Gasteiger partial charge on any atom is -0.383 e. The SMILES string of the molecule is CCCCC(CC)Nc1ccc(-c2ccc(-c3ccc(-c4ccc(-c5ccc(NC(C)CC)cc5)s4)c4nsnc34)s2)cc1. The lowest BCUT2D eigenvalue weighted by Gasteiger charge is -2.18. The highest BCUT2D eigenvalue weighted by Crippen LogP contribution is 2.42. The minimum absolute atomic E-state index is 0.467. The third-order valence-corrected chi connectivity index (χ3v) is 11.2. The second-order valence-electron chi connectivity index (χ2n) is 11.4. The van der Waals surface area contributed by atoms with Crippen LogP contribution in [0.3, 0.4) is 0 Å². The van der Waals surface area contributed by atoms with E-state index in [0.29, 0.717) is 12.1 Å². The maximum absolute atomic E-state index is 4.76. The fourth-order valence-corrected chi connectivity index (χ4v) is 8.10. The van der Waals surface area contributed by atoms with Gasteiger partial charge in [-0.05, 0) is 85.8 Å². The van der Waals surface area contributed by atoms with Gasteiger partial charge in [0.1, 0.15) is 11.0 Å². The van der Waals surface area contributed by atoms with Crippen LogP contribution in [-0.2, 0) is 0 Å². The van der Waals surface area contributed by atoms with E-state index >= 15 is 0 Å². The lowest BCUT2D eigenvalue weighted by Crippen LogP contribution is -2.18. The molecule has 0 aliphatic rings. The van der Waals surface area contributed by atoms with Gasteiger partial charge in [0.25, 0.3) is 0 Å². The van der Waals surface area contributed by atoms with Crippen molar-refractivity contribution in [3.8, 4) is 41.8 Å². The van der Waals surface area contributed by atoms with Crippen LogP contribution in [0.4, 0.5) is 11.4 Å². The molecule has 3 aromatic heterocycles. The summed E-state index contributed by atoms with van der Waals surface area (Å²) in [5.74, 6) is 0. The molecule has 0 fully saturated rings. The summed E-state index contributed by atoms with van der Waals surface area (Å²) in [4.78, 5) is 4.95. The van der Waals surface area contributed by atoms with E-state index in [0.717, 1.165) is 35.0 Å². The van der Waals surface area contributed by atoms with E-state index in [1.165, 1.54) is 73.0 Å². The summed E-state index contributed by atoms with van der Waals surface area (Å²) in [5.41, 5.74) is 9.10. The summed E-state index contributed by atoms with van der Waals surface area (Å²) in [6.07, 6.45) is 5.98. The quantitative estimate of drug-likeness (QED) is 0.132. The number of hydrogen-bond acceptors (Lipinski definition) is 7. The van der Waals surface area contributed by atoms with Crippen molar-refractivity contribution in [2.75, 3.05) is 10.6 Å². The Balaban J connectivity index is 1.20. The predicted molar refractivity (Wildman–Crippen MR) is 196 cm³/mol. The smallest absolute Gasteiger partial charge is 0.114 e. The van der Waals surface area contributed by atoms with Gasteiger partial charge in [0.05, 0.1) is 11.7 Å². The largest absolute Gasteiger partial charge is 0.383 e. The van der Waals surface area contributed by atoms with Crippen LogP contribution in [0.5, 0.6) is 0 Å². The number of unbranched alkanes of at least 4 members (excludes halogenated alkanes) is 1. The van der Waals surface area contributed by atoms with E-state index in [1.54, 1.807) is 0 Å². The molecule has 0 bridgehead atoms. The summed E-state index contributed by atoms with van der Waals surface area (Å²) in [6, 6.07) is 32.0. The highest BCUT2D eigenvalue weighted by molar-refractivity contribution is 7.19. The van der Waals surface area contributed by atoms with Crippen LogP contribution in [0.2, 0.25) is 0 Å². The molecule has 0 amide bonds. The Labute approximate surface area is 273 Å². The van der Waals surface area contributed by atoms with Crippen molar-refractivity contribution >= 4 is 56.8 Å². The molecule has 0 aliphatic heterocycles. The Morgan fingerprint density at radius 1 is 0.591 bits per heavy atom. The molecule has 4 nitrogen and oxygen atoms in total. The van der Waals surface area contributed by atoms with E-state index in [9.17, 15) is 0 Å². The lowest BCUT2D eigenvalue weighted by atomic mass is 10.1. The summed E-state index contributed by atoms with van der Waals surface area (Å²) in [6.45, 7) is 8.94. The van der Waals surface area contributed by atoms with Gasteiger partial charge in [-0.1, -0.05) is 70.0 Å². The third-order valence-electron chi connectivity index (χ3n) is 8.29. The zero-order valence-corrected chi connectivity index (χ0v) is 28.3. The van der Waals surface area contributed by atoms with Gasteiger partial charge in [-0.15, -0.1) is 22.7 Å². The maximum atomic E-state index is 4.76. The Hall–Kier alpha value is -3.52. The van der Waals surface area contributed by atoms with Crippen molar-refractivity contribution in [3.63, 3.8) is 0 Å². The summed E-state index contributed by atoms with van der Waals surface area (Å²) < 4.78 is 9.52. The number of benzene rings is 3. The fraction of sp³-hybridized carbons (Fsp3) is 0.297. The number of hydrogen-bond donors (Lipinski definition) is 2. The molecule has 2 atom stereocenters. The number of anilines is 2. The maximum Gasteiger partial charge on any atom is 0.114 e. The van der Waals surface area contributed by atoms with Crippen LogP contribution in [0, 0.1) is 0 Å². The zero-order valence-electron chi connectivity index (χ0n) is 25.9. The highest BCUT2D eigenvalue weighted by Gasteiger charge is 2.17. The molecule has 6 rings (SSSR count). The van der Waals surface area contributed by atoms with Gasteiger partial charge in [-0.3, -0.25) is 0 Å². The Morgan fingerprint density at radius 3 is 1.57 bits per heavy atom. The minimum atomic E-state index is 0.467. The van der Waals surface area contributed by atoms with E-state index in [1.807, 2.05) is 22.7 Å². The van der Waals surface area contributed by atoms with E-state index in [2.05, 4.69) is 123 Å². The third kappa shape index (κ3) is 6.75. The van der Waals surface area contributed by atoms with E-state index in [4.69, 9.17) is 8.75 Å². The first-order valence-electron chi connectivity index (χ1n) is 15.8. The summed E-state index contributed by atoms with van der Waals surface area (Å²) in [5, 5.41) is 7.27. The number of nitrogens with zero attached hydrogens (tertiary/aromatic N) is 2. The summed E-state index contributed by atoms with van der Waals surface area (Å²) >= 11 is 4.92. The molecule has 3 aromatic carbocycles. The predicted octanol–water partition coefficient (Wildman–Crippen LogP) is 12.1. The van der Waals surface area contributed by atoms with Crippen molar-refractivity contribution in [2.24, 2.45) is 0 Å². The molecule has 226 valence electrons. The van der Waals surface area contributed by atoms with Crippen LogP contribution in [0.1, 0.15) is 59.8 Å². The molecule has 44 heavy (non-hydrogen) atoms. The first-order valence-corrected chi connectivity index (χ1v) is 18.1. The average Bonchev–Trinajstić information content (AvgIpc) is 3.85. The van der Waals surface area contributed by atoms with Gasteiger partial charge in [0.2, 0.25) is 0 Å². The molecule has 3 heterocycles. The molecular weight excluding hydrogens is 597 g/mol. The van der Waals surface area contributed by atoms with Gasteiger partial charge < -0.3 is 10.6 Å². The first-order chi connectivity index (χ1) is 21.6. The van der Waals surface area contributed by atoms with E-state index < -0.39 is 0 Å². The monoisotopic (exact) mass is 636 g/mol. The molecule has 2 N–H and O–H groups in total. The number of aromatic nitrogens is 2. The van der Waals surface area contributed by atoms with Gasteiger partial charge >= 0.3 is 0 Å². The Bertz CT molecular complexity index is 1800. The molecule has 0 aliphatic carbocycles.